The van der Waals surface area contributed by atoms with Crippen molar-refractivity contribution in [3.63, 3.8) is 0 Å². The summed E-state index contributed by atoms with van der Waals surface area (Å²) in [6, 6.07) is 10.8. The maximum atomic E-state index is 4.26. The van der Waals surface area contributed by atoms with Crippen molar-refractivity contribution >= 4 is 0 Å². The van der Waals surface area contributed by atoms with Gasteiger partial charge in [-0.1, -0.05) is 19.1 Å². The second-order valence-corrected chi connectivity index (χ2v) is 2.88. The first-order chi connectivity index (χ1) is 6.40. The number of aromatic nitrogens is 2. The largest absolute Gasteiger partial charge is 0.306 e. The van der Waals surface area contributed by atoms with Crippen LogP contribution in [0.15, 0.2) is 36.8 Å². The molecule has 0 amide bonds. The molecule has 0 saturated carbocycles. The van der Waals surface area contributed by atoms with E-state index in [1.807, 2.05) is 35.2 Å². The Labute approximate surface area is 77.9 Å². The zero-order valence-corrected chi connectivity index (χ0v) is 7.57. The fourth-order valence-corrected chi connectivity index (χ4v) is 1.24. The minimum atomic E-state index is 0.978. The Morgan fingerprint density at radius 2 is 2.15 bits per heavy atom. The molecule has 0 aliphatic heterocycles. The van der Waals surface area contributed by atoms with E-state index in [2.05, 4.69) is 24.2 Å². The summed E-state index contributed by atoms with van der Waals surface area (Å²) >= 11 is 0. The fraction of sp³-hybridized carbons (Fsp3) is 0.182. The van der Waals surface area contributed by atoms with Gasteiger partial charge >= 0.3 is 0 Å². The molecule has 0 N–H and O–H groups in total. The highest BCUT2D eigenvalue weighted by Crippen LogP contribution is 2.07. The van der Waals surface area contributed by atoms with Gasteiger partial charge in [0.05, 0.1) is 12.0 Å². The number of imidazole rings is 1. The molecule has 13 heavy (non-hydrogen) atoms. The van der Waals surface area contributed by atoms with E-state index in [1.165, 1.54) is 0 Å². The summed E-state index contributed by atoms with van der Waals surface area (Å²) < 4.78 is 2.02. The van der Waals surface area contributed by atoms with E-state index < -0.39 is 0 Å². The van der Waals surface area contributed by atoms with Crippen LogP contribution in [0, 0.1) is 6.07 Å². The van der Waals surface area contributed by atoms with Crippen LogP contribution in [0.4, 0.5) is 0 Å². The minimum Gasteiger partial charge on any atom is -0.306 e. The van der Waals surface area contributed by atoms with Gasteiger partial charge in [0.2, 0.25) is 0 Å². The lowest BCUT2D eigenvalue weighted by molar-refractivity contribution is 1.05. The van der Waals surface area contributed by atoms with Crippen LogP contribution in [0.2, 0.25) is 0 Å². The maximum Gasteiger partial charge on any atom is 0.0995 e. The van der Waals surface area contributed by atoms with Crippen molar-refractivity contribution < 1.29 is 0 Å². The molecule has 2 heteroatoms. The molecule has 0 bridgehead atoms. The van der Waals surface area contributed by atoms with Crippen molar-refractivity contribution in [2.24, 2.45) is 0 Å². The van der Waals surface area contributed by atoms with E-state index in [9.17, 15) is 0 Å². The second kappa shape index (κ2) is 3.44. The first kappa shape index (κ1) is 8.05. The van der Waals surface area contributed by atoms with Crippen LogP contribution in [0.3, 0.4) is 0 Å². The van der Waals surface area contributed by atoms with Gasteiger partial charge in [-0.2, -0.15) is 0 Å². The van der Waals surface area contributed by atoms with Crippen molar-refractivity contribution in [2.45, 2.75) is 13.3 Å². The summed E-state index contributed by atoms with van der Waals surface area (Å²) in [4.78, 5) is 4.26. The zero-order chi connectivity index (χ0) is 9.10. The van der Waals surface area contributed by atoms with Crippen LogP contribution < -0.4 is 0 Å². The standard InChI is InChI=1S/C11H11N2/c1-2-10-8-13(9-12-10)11-6-4-3-5-7-11/h4-9H,2H2,1H3. The molecule has 1 aromatic heterocycles. The van der Waals surface area contributed by atoms with Gasteiger partial charge < -0.3 is 4.57 Å². The average Bonchev–Trinajstić information content (AvgIpc) is 2.67. The van der Waals surface area contributed by atoms with Crippen molar-refractivity contribution in [2.75, 3.05) is 0 Å². The van der Waals surface area contributed by atoms with Gasteiger partial charge in [0.15, 0.2) is 0 Å². The van der Waals surface area contributed by atoms with Crippen LogP contribution >= 0.6 is 0 Å². The molecule has 1 radical (unpaired) electrons. The lowest BCUT2D eigenvalue weighted by Crippen LogP contribution is -1.88. The molecule has 0 aliphatic carbocycles. The van der Waals surface area contributed by atoms with Crippen molar-refractivity contribution in [1.29, 1.82) is 0 Å². The molecule has 0 atom stereocenters. The van der Waals surface area contributed by atoms with Gasteiger partial charge in [-0.15, -0.1) is 0 Å². The Bertz CT molecular complexity index is 376. The molecule has 0 spiro atoms. The molecule has 1 heterocycles. The second-order valence-electron chi connectivity index (χ2n) is 2.88. The highest BCUT2D eigenvalue weighted by Gasteiger charge is 1.96. The fourth-order valence-electron chi connectivity index (χ4n) is 1.24. The van der Waals surface area contributed by atoms with E-state index >= 15 is 0 Å². The van der Waals surface area contributed by atoms with Gasteiger partial charge in [0.25, 0.3) is 0 Å². The van der Waals surface area contributed by atoms with E-state index in [0.29, 0.717) is 0 Å². The smallest absolute Gasteiger partial charge is 0.0995 e. The molecule has 2 nitrogen and oxygen atoms in total. The molecule has 2 aromatic rings. The average molecular weight is 171 g/mol. The monoisotopic (exact) mass is 171 g/mol. The van der Waals surface area contributed by atoms with Crippen LogP contribution in [-0.4, -0.2) is 9.55 Å². The van der Waals surface area contributed by atoms with Crippen LogP contribution in [0.5, 0.6) is 0 Å². The van der Waals surface area contributed by atoms with E-state index in [-0.39, 0.29) is 0 Å². The van der Waals surface area contributed by atoms with Crippen LogP contribution in [0.1, 0.15) is 12.6 Å². The first-order valence-corrected chi connectivity index (χ1v) is 4.39. The van der Waals surface area contributed by atoms with Gasteiger partial charge in [-0.25, -0.2) is 4.98 Å². The van der Waals surface area contributed by atoms with Gasteiger partial charge in [0.1, 0.15) is 0 Å². The Hall–Kier alpha value is -1.57. The van der Waals surface area contributed by atoms with Crippen LogP contribution in [0.25, 0.3) is 5.69 Å². The topological polar surface area (TPSA) is 17.8 Å². The molecule has 1 aromatic carbocycles. The van der Waals surface area contributed by atoms with Crippen LogP contribution in [-0.2, 0) is 6.42 Å². The van der Waals surface area contributed by atoms with Crippen molar-refractivity contribution in [3.05, 3.63) is 48.5 Å². The summed E-state index contributed by atoms with van der Waals surface area (Å²) in [6.45, 7) is 2.10. The number of nitrogens with zero attached hydrogens (tertiary/aromatic N) is 2. The van der Waals surface area contributed by atoms with Gasteiger partial charge in [-0.3, -0.25) is 0 Å². The van der Waals surface area contributed by atoms with Gasteiger partial charge in [0, 0.05) is 11.9 Å². The molecule has 0 unspecified atom stereocenters. The third-order valence-electron chi connectivity index (χ3n) is 2.00. The molecular weight excluding hydrogens is 160 g/mol. The van der Waals surface area contributed by atoms with E-state index in [0.717, 1.165) is 17.8 Å². The number of hydrogen-bond donors (Lipinski definition) is 0. The Morgan fingerprint density at radius 1 is 1.38 bits per heavy atom. The maximum absolute atomic E-state index is 4.26. The zero-order valence-electron chi connectivity index (χ0n) is 7.57. The normalized spacial score (nSPS) is 10.2. The third-order valence-corrected chi connectivity index (χ3v) is 2.00. The van der Waals surface area contributed by atoms with E-state index in [4.69, 9.17) is 0 Å². The van der Waals surface area contributed by atoms with E-state index in [1.54, 1.807) is 0 Å². The highest BCUT2D eigenvalue weighted by atomic mass is 15.0. The Balaban J connectivity index is 2.36. The SMILES string of the molecule is CCc1cn(-c2cc[c]cc2)cn1. The Kier molecular flexibility index (Phi) is 2.13. The summed E-state index contributed by atoms with van der Waals surface area (Å²) in [5, 5.41) is 0. The Morgan fingerprint density at radius 3 is 2.77 bits per heavy atom. The first-order valence-electron chi connectivity index (χ1n) is 4.39. The predicted molar refractivity (Wildman–Crippen MR) is 51.8 cm³/mol. The summed E-state index contributed by atoms with van der Waals surface area (Å²) in [5.74, 6) is 0. The number of rotatable bonds is 2. The molecule has 0 fully saturated rings. The summed E-state index contributed by atoms with van der Waals surface area (Å²) in [7, 11) is 0. The number of benzene rings is 1. The highest BCUT2D eigenvalue weighted by molar-refractivity contribution is 5.31. The molecule has 65 valence electrons. The lowest BCUT2D eigenvalue weighted by Gasteiger charge is -1.98. The van der Waals surface area contributed by atoms with Gasteiger partial charge in [-0.05, 0) is 24.6 Å². The minimum absolute atomic E-state index is 0.978. The number of aryl methyl sites for hydroxylation is 1. The quantitative estimate of drug-likeness (QED) is 0.677. The number of hydrogen-bond acceptors (Lipinski definition) is 1. The van der Waals surface area contributed by atoms with Crippen molar-refractivity contribution in [1.82, 2.24) is 9.55 Å². The summed E-state index contributed by atoms with van der Waals surface area (Å²) in [6.07, 6.45) is 4.87. The lowest BCUT2D eigenvalue weighted by atomic mass is 10.3. The summed E-state index contributed by atoms with van der Waals surface area (Å²) in [5.41, 5.74) is 2.25. The molecule has 0 aliphatic rings. The van der Waals surface area contributed by atoms with Crippen molar-refractivity contribution in [3.8, 4) is 5.69 Å². The molecule has 2 rings (SSSR count). The molecular formula is C11H11N2. The third kappa shape index (κ3) is 1.61. The molecule has 0 saturated heterocycles. The predicted octanol–water partition coefficient (Wildman–Crippen LogP) is 2.23.